The van der Waals surface area contributed by atoms with Crippen molar-refractivity contribution in [2.45, 2.75) is 39.8 Å². The van der Waals surface area contributed by atoms with Crippen LogP contribution in [0.1, 0.15) is 42.1 Å². The fraction of sp³-hybridized carbons (Fsp3) is 0.241. The van der Waals surface area contributed by atoms with Crippen LogP contribution < -0.4 is 14.4 Å². The van der Waals surface area contributed by atoms with E-state index in [9.17, 15) is 14.7 Å². The second-order valence-electron chi connectivity index (χ2n) is 8.87. The number of ketones is 1. The molecule has 6 nitrogen and oxygen atoms in total. The molecule has 6 heteroatoms. The molecular formula is C29H29NO5. The van der Waals surface area contributed by atoms with Gasteiger partial charge in [-0.1, -0.05) is 36.4 Å². The van der Waals surface area contributed by atoms with Gasteiger partial charge < -0.3 is 14.6 Å². The zero-order valence-corrected chi connectivity index (χ0v) is 20.5. The van der Waals surface area contributed by atoms with Gasteiger partial charge in [0.25, 0.3) is 11.7 Å². The van der Waals surface area contributed by atoms with Gasteiger partial charge in [0.15, 0.2) is 0 Å². The molecule has 1 amide bonds. The highest BCUT2D eigenvalue weighted by atomic mass is 16.5. The van der Waals surface area contributed by atoms with Gasteiger partial charge in [0.2, 0.25) is 0 Å². The molecule has 0 spiro atoms. The Kier molecular flexibility index (Phi) is 6.65. The average Bonchev–Trinajstić information content (AvgIpc) is 3.10. The Bertz CT molecular complexity index is 1320. The number of anilines is 1. The summed E-state index contributed by atoms with van der Waals surface area (Å²) in [6, 6.07) is 18.8. The first-order valence-corrected chi connectivity index (χ1v) is 11.5. The highest BCUT2D eigenvalue weighted by Crippen LogP contribution is 2.45. The molecule has 0 saturated carbocycles. The molecule has 35 heavy (non-hydrogen) atoms. The molecule has 0 aromatic heterocycles. The molecule has 180 valence electrons. The standard InChI is InChI=1S/C29H29NO5/c1-17(2)35-22-10-8-9-20(16-22)27(31)25-26(23-11-6-7-12-24(23)34-5)30(29(33)28(25)32)21-14-13-18(3)19(4)15-21/h6-17,26,31H,1-5H3/b27-25+. The van der Waals surface area contributed by atoms with Crippen LogP contribution in [0.4, 0.5) is 5.69 Å². The van der Waals surface area contributed by atoms with Crippen LogP contribution in [0.3, 0.4) is 0 Å². The molecule has 1 heterocycles. The highest BCUT2D eigenvalue weighted by molar-refractivity contribution is 6.51. The van der Waals surface area contributed by atoms with E-state index in [1.165, 1.54) is 12.0 Å². The van der Waals surface area contributed by atoms with Gasteiger partial charge >= 0.3 is 0 Å². The van der Waals surface area contributed by atoms with E-state index < -0.39 is 17.7 Å². The summed E-state index contributed by atoms with van der Waals surface area (Å²) in [5, 5.41) is 11.4. The first-order valence-electron chi connectivity index (χ1n) is 11.5. The van der Waals surface area contributed by atoms with Crippen molar-refractivity contribution in [2.24, 2.45) is 0 Å². The second kappa shape index (κ2) is 9.66. The van der Waals surface area contributed by atoms with Crippen molar-refractivity contribution in [3.63, 3.8) is 0 Å². The minimum absolute atomic E-state index is 0.000532. The summed E-state index contributed by atoms with van der Waals surface area (Å²) in [5.41, 5.74) is 3.62. The molecule has 1 atom stereocenters. The number of carbonyl (C=O) groups is 2. The smallest absolute Gasteiger partial charge is 0.300 e. The molecule has 1 N–H and O–H groups in total. The Labute approximate surface area is 205 Å². The number of ether oxygens (including phenoxy) is 2. The summed E-state index contributed by atoms with van der Waals surface area (Å²) in [5.74, 6) is -0.663. The average molecular weight is 472 g/mol. The normalized spacial score (nSPS) is 17.2. The van der Waals surface area contributed by atoms with Crippen LogP contribution in [-0.2, 0) is 9.59 Å². The van der Waals surface area contributed by atoms with E-state index in [2.05, 4.69) is 0 Å². The number of rotatable bonds is 6. The predicted molar refractivity (Wildman–Crippen MR) is 136 cm³/mol. The zero-order chi connectivity index (χ0) is 25.3. The van der Waals surface area contributed by atoms with Gasteiger partial charge in [-0.25, -0.2) is 0 Å². The van der Waals surface area contributed by atoms with Crippen molar-refractivity contribution >= 4 is 23.1 Å². The Hall–Kier alpha value is -4.06. The zero-order valence-electron chi connectivity index (χ0n) is 20.5. The van der Waals surface area contributed by atoms with E-state index in [4.69, 9.17) is 9.47 Å². The Morgan fingerprint density at radius 3 is 2.37 bits per heavy atom. The maximum Gasteiger partial charge on any atom is 0.300 e. The van der Waals surface area contributed by atoms with Crippen LogP contribution in [0.25, 0.3) is 5.76 Å². The summed E-state index contributed by atoms with van der Waals surface area (Å²) in [6.45, 7) is 7.75. The number of methoxy groups -OCH3 is 1. The lowest BCUT2D eigenvalue weighted by Gasteiger charge is -2.27. The number of para-hydroxylation sites is 1. The Balaban J connectivity index is 1.95. The Morgan fingerprint density at radius 2 is 1.69 bits per heavy atom. The van der Waals surface area contributed by atoms with Gasteiger partial charge in [0.1, 0.15) is 17.3 Å². The van der Waals surface area contributed by atoms with E-state index in [0.717, 1.165) is 11.1 Å². The van der Waals surface area contributed by atoms with Gasteiger partial charge in [-0.05, 0) is 69.2 Å². The lowest BCUT2D eigenvalue weighted by molar-refractivity contribution is -0.132. The third-order valence-corrected chi connectivity index (χ3v) is 6.13. The van der Waals surface area contributed by atoms with E-state index in [1.807, 2.05) is 58.0 Å². The summed E-state index contributed by atoms with van der Waals surface area (Å²) >= 11 is 0. The van der Waals surface area contributed by atoms with Crippen LogP contribution >= 0.6 is 0 Å². The summed E-state index contributed by atoms with van der Waals surface area (Å²) < 4.78 is 11.3. The fourth-order valence-corrected chi connectivity index (χ4v) is 4.31. The van der Waals surface area contributed by atoms with E-state index in [1.54, 1.807) is 36.4 Å². The first-order chi connectivity index (χ1) is 16.7. The number of Topliss-reactive ketones (excluding diaryl/α,β-unsaturated/α-hetero) is 1. The lowest BCUT2D eigenvalue weighted by atomic mass is 9.94. The Morgan fingerprint density at radius 1 is 0.943 bits per heavy atom. The van der Waals surface area contributed by atoms with E-state index in [-0.39, 0.29) is 17.4 Å². The van der Waals surface area contributed by atoms with Crippen molar-refractivity contribution < 1.29 is 24.2 Å². The van der Waals surface area contributed by atoms with Crippen LogP contribution in [0, 0.1) is 13.8 Å². The van der Waals surface area contributed by atoms with Crippen molar-refractivity contribution in [1.29, 1.82) is 0 Å². The second-order valence-corrected chi connectivity index (χ2v) is 8.87. The van der Waals surface area contributed by atoms with E-state index in [0.29, 0.717) is 28.3 Å². The number of aliphatic hydroxyl groups is 1. The SMILES string of the molecule is COc1ccccc1C1/C(=C(\O)c2cccc(OC(C)C)c2)C(=O)C(=O)N1c1ccc(C)c(C)c1. The number of aliphatic hydroxyl groups excluding tert-OH is 1. The van der Waals surface area contributed by atoms with Gasteiger partial charge in [-0.15, -0.1) is 0 Å². The topological polar surface area (TPSA) is 76.1 Å². The molecule has 0 aliphatic carbocycles. The van der Waals surface area contributed by atoms with Crippen LogP contribution in [0.5, 0.6) is 11.5 Å². The molecule has 1 aliphatic rings. The quantitative estimate of drug-likeness (QED) is 0.282. The third-order valence-electron chi connectivity index (χ3n) is 6.13. The van der Waals surface area contributed by atoms with Gasteiger partial charge in [-0.2, -0.15) is 0 Å². The number of benzene rings is 3. The molecule has 1 saturated heterocycles. The molecular weight excluding hydrogens is 442 g/mol. The number of hydrogen-bond acceptors (Lipinski definition) is 5. The van der Waals surface area contributed by atoms with Gasteiger partial charge in [-0.3, -0.25) is 14.5 Å². The fourth-order valence-electron chi connectivity index (χ4n) is 4.31. The van der Waals surface area contributed by atoms with Crippen molar-refractivity contribution in [1.82, 2.24) is 0 Å². The monoisotopic (exact) mass is 471 g/mol. The number of carbonyl (C=O) groups excluding carboxylic acids is 2. The van der Waals surface area contributed by atoms with Crippen molar-refractivity contribution in [3.05, 3.63) is 94.6 Å². The minimum Gasteiger partial charge on any atom is -0.507 e. The van der Waals surface area contributed by atoms with Crippen LogP contribution in [-0.4, -0.2) is 30.0 Å². The summed E-state index contributed by atoms with van der Waals surface area (Å²) in [4.78, 5) is 28.3. The largest absolute Gasteiger partial charge is 0.507 e. The van der Waals surface area contributed by atoms with Crippen LogP contribution in [0.15, 0.2) is 72.3 Å². The molecule has 3 aromatic carbocycles. The first kappa shape index (κ1) is 24.1. The minimum atomic E-state index is -0.872. The number of hydrogen-bond donors (Lipinski definition) is 1. The molecule has 0 bridgehead atoms. The van der Waals surface area contributed by atoms with Crippen LogP contribution in [0.2, 0.25) is 0 Å². The maximum atomic E-state index is 13.4. The summed E-state index contributed by atoms with van der Waals surface area (Å²) in [7, 11) is 1.54. The molecule has 3 aromatic rings. The van der Waals surface area contributed by atoms with Gasteiger partial charge in [0.05, 0.1) is 24.8 Å². The van der Waals surface area contributed by atoms with Crippen molar-refractivity contribution in [2.75, 3.05) is 12.0 Å². The molecule has 4 rings (SSSR count). The highest BCUT2D eigenvalue weighted by Gasteiger charge is 2.48. The molecule has 1 aliphatic heterocycles. The molecule has 1 fully saturated rings. The van der Waals surface area contributed by atoms with Gasteiger partial charge in [0, 0.05) is 16.8 Å². The maximum absolute atomic E-state index is 13.4. The lowest BCUT2D eigenvalue weighted by Crippen LogP contribution is -2.29. The number of aryl methyl sites for hydroxylation is 2. The molecule has 0 radical (unpaired) electrons. The number of amides is 1. The molecule has 1 unspecified atom stereocenters. The predicted octanol–water partition coefficient (Wildman–Crippen LogP) is 5.73. The number of nitrogens with zero attached hydrogens (tertiary/aromatic N) is 1. The van der Waals surface area contributed by atoms with Crippen molar-refractivity contribution in [3.8, 4) is 11.5 Å². The summed E-state index contributed by atoms with van der Waals surface area (Å²) in [6.07, 6.45) is -0.0590. The third kappa shape index (κ3) is 4.52. The van der Waals surface area contributed by atoms with E-state index >= 15 is 0 Å².